The molecule has 1 heterocycles. The van der Waals surface area contributed by atoms with Crippen LogP contribution in [-0.4, -0.2) is 48.3 Å². The molecule has 0 amide bonds. The summed E-state index contributed by atoms with van der Waals surface area (Å²) in [5, 5.41) is 10.1. The van der Waals surface area contributed by atoms with E-state index in [4.69, 9.17) is 28.6 Å². The zero-order valence-electron chi connectivity index (χ0n) is 13.7. The Morgan fingerprint density at radius 2 is 1.80 bits per heavy atom. The molecule has 0 aromatic heterocycles. The van der Waals surface area contributed by atoms with Crippen LogP contribution in [0.15, 0.2) is 36.4 Å². The lowest BCUT2D eigenvalue weighted by atomic mass is 10.1. The number of phenols is 1. The highest BCUT2D eigenvalue weighted by atomic mass is 35.5. The third kappa shape index (κ3) is 3.80. The number of aromatic hydroxyl groups is 1. The molecule has 0 unspecified atom stereocenters. The zero-order chi connectivity index (χ0) is 18.0. The van der Waals surface area contributed by atoms with E-state index in [1.165, 1.54) is 19.2 Å². The van der Waals surface area contributed by atoms with Gasteiger partial charge in [0.1, 0.15) is 10.8 Å². The SMILES string of the molecule is COc1cc(C(=S)N2CCN(c3ccc(F)cc3)CC2)cc(Cl)c1O. The van der Waals surface area contributed by atoms with Crippen molar-refractivity contribution in [2.45, 2.75) is 0 Å². The Hall–Kier alpha value is -2.05. The van der Waals surface area contributed by atoms with Crippen LogP contribution in [0.3, 0.4) is 0 Å². The van der Waals surface area contributed by atoms with Crippen molar-refractivity contribution < 1.29 is 14.2 Å². The van der Waals surface area contributed by atoms with Gasteiger partial charge >= 0.3 is 0 Å². The summed E-state index contributed by atoms with van der Waals surface area (Å²) >= 11 is 11.6. The lowest BCUT2D eigenvalue weighted by Gasteiger charge is -2.37. The average molecular weight is 381 g/mol. The van der Waals surface area contributed by atoms with Crippen LogP contribution in [0.1, 0.15) is 5.56 Å². The van der Waals surface area contributed by atoms with Gasteiger partial charge in [0.25, 0.3) is 0 Å². The maximum Gasteiger partial charge on any atom is 0.176 e. The number of phenolic OH excluding ortho intramolecular Hbond substituents is 1. The van der Waals surface area contributed by atoms with Crippen molar-refractivity contribution in [1.29, 1.82) is 0 Å². The molecule has 0 saturated carbocycles. The fourth-order valence-electron chi connectivity index (χ4n) is 2.86. The van der Waals surface area contributed by atoms with Crippen LogP contribution in [0.25, 0.3) is 0 Å². The minimum Gasteiger partial charge on any atom is -0.503 e. The molecule has 3 rings (SSSR count). The number of halogens is 2. The minimum absolute atomic E-state index is 0.0863. The Labute approximate surface area is 156 Å². The molecule has 0 radical (unpaired) electrons. The smallest absolute Gasteiger partial charge is 0.176 e. The predicted octanol–water partition coefficient (Wildman–Crippen LogP) is 3.69. The highest BCUT2D eigenvalue weighted by Gasteiger charge is 2.21. The van der Waals surface area contributed by atoms with Crippen LogP contribution in [-0.2, 0) is 0 Å². The Bertz CT molecular complexity index is 777. The van der Waals surface area contributed by atoms with E-state index in [-0.39, 0.29) is 16.6 Å². The van der Waals surface area contributed by atoms with E-state index in [1.54, 1.807) is 24.3 Å². The van der Waals surface area contributed by atoms with Crippen molar-refractivity contribution in [3.63, 3.8) is 0 Å². The van der Waals surface area contributed by atoms with Gasteiger partial charge in [-0.15, -0.1) is 0 Å². The van der Waals surface area contributed by atoms with Crippen molar-refractivity contribution >= 4 is 34.5 Å². The van der Waals surface area contributed by atoms with Gasteiger partial charge in [-0.3, -0.25) is 0 Å². The third-order valence-electron chi connectivity index (χ3n) is 4.25. The highest BCUT2D eigenvalue weighted by Crippen LogP contribution is 2.35. The first-order chi connectivity index (χ1) is 12.0. The Kier molecular flexibility index (Phi) is 5.30. The maximum absolute atomic E-state index is 13.0. The first kappa shape index (κ1) is 17.8. The molecule has 0 aliphatic carbocycles. The second-order valence-electron chi connectivity index (χ2n) is 5.76. The topological polar surface area (TPSA) is 35.9 Å². The van der Waals surface area contributed by atoms with Crippen LogP contribution in [0.5, 0.6) is 11.5 Å². The predicted molar refractivity (Wildman–Crippen MR) is 102 cm³/mol. The molecular weight excluding hydrogens is 363 g/mol. The van der Waals surface area contributed by atoms with Gasteiger partial charge in [-0.05, 0) is 36.4 Å². The van der Waals surface area contributed by atoms with Crippen LogP contribution in [0, 0.1) is 5.82 Å². The molecule has 1 N–H and O–H groups in total. The number of thiocarbonyl (C=S) groups is 1. The quantitative estimate of drug-likeness (QED) is 0.822. The van der Waals surface area contributed by atoms with E-state index in [0.717, 1.165) is 37.4 Å². The molecule has 0 spiro atoms. The van der Waals surface area contributed by atoms with Crippen molar-refractivity contribution in [2.75, 3.05) is 38.2 Å². The van der Waals surface area contributed by atoms with Gasteiger partial charge in [0.2, 0.25) is 0 Å². The lowest BCUT2D eigenvalue weighted by Crippen LogP contribution is -2.48. The first-order valence-corrected chi connectivity index (χ1v) is 8.64. The van der Waals surface area contributed by atoms with E-state index < -0.39 is 0 Å². The molecule has 0 bridgehead atoms. The number of hydrogen-bond donors (Lipinski definition) is 1. The van der Waals surface area contributed by atoms with Crippen molar-refractivity contribution in [2.24, 2.45) is 0 Å². The Morgan fingerprint density at radius 1 is 1.16 bits per heavy atom. The fourth-order valence-corrected chi connectivity index (χ4v) is 3.37. The van der Waals surface area contributed by atoms with E-state index >= 15 is 0 Å². The van der Waals surface area contributed by atoms with Crippen LogP contribution in [0.4, 0.5) is 10.1 Å². The van der Waals surface area contributed by atoms with E-state index in [0.29, 0.717) is 10.7 Å². The number of hydrogen-bond acceptors (Lipinski definition) is 4. The van der Waals surface area contributed by atoms with Gasteiger partial charge < -0.3 is 19.6 Å². The van der Waals surface area contributed by atoms with Gasteiger partial charge in [-0.25, -0.2) is 4.39 Å². The summed E-state index contributed by atoms with van der Waals surface area (Å²) in [6.45, 7) is 3.07. The normalized spacial score (nSPS) is 14.5. The van der Waals surface area contributed by atoms with E-state index in [1.807, 2.05) is 0 Å². The molecule has 1 aliphatic rings. The average Bonchev–Trinajstić information content (AvgIpc) is 2.64. The highest BCUT2D eigenvalue weighted by molar-refractivity contribution is 7.80. The van der Waals surface area contributed by atoms with E-state index in [9.17, 15) is 9.50 Å². The Morgan fingerprint density at radius 3 is 2.40 bits per heavy atom. The number of piperazine rings is 1. The van der Waals surface area contributed by atoms with Crippen molar-refractivity contribution in [3.8, 4) is 11.5 Å². The first-order valence-electron chi connectivity index (χ1n) is 7.86. The number of methoxy groups -OCH3 is 1. The summed E-state index contributed by atoms with van der Waals surface area (Å²) in [7, 11) is 1.47. The molecule has 132 valence electrons. The Balaban J connectivity index is 1.69. The largest absolute Gasteiger partial charge is 0.503 e. The lowest BCUT2D eigenvalue weighted by molar-refractivity contribution is 0.372. The number of rotatable bonds is 3. The summed E-state index contributed by atoms with van der Waals surface area (Å²) in [6, 6.07) is 9.85. The van der Waals surface area contributed by atoms with Gasteiger partial charge in [0.15, 0.2) is 11.5 Å². The summed E-state index contributed by atoms with van der Waals surface area (Å²) in [5.74, 6) is -0.0200. The molecule has 7 heteroatoms. The molecule has 25 heavy (non-hydrogen) atoms. The van der Waals surface area contributed by atoms with Gasteiger partial charge in [-0.1, -0.05) is 23.8 Å². The second kappa shape index (κ2) is 7.45. The summed E-state index contributed by atoms with van der Waals surface area (Å²) in [5.41, 5.74) is 1.74. The van der Waals surface area contributed by atoms with Crippen molar-refractivity contribution in [3.05, 3.63) is 52.8 Å². The third-order valence-corrected chi connectivity index (χ3v) is 5.04. The van der Waals surface area contributed by atoms with Crippen LogP contribution >= 0.6 is 23.8 Å². The van der Waals surface area contributed by atoms with Crippen molar-refractivity contribution in [1.82, 2.24) is 4.90 Å². The number of benzene rings is 2. The van der Waals surface area contributed by atoms with Crippen LogP contribution < -0.4 is 9.64 Å². The molecule has 1 aliphatic heterocycles. The molecule has 0 atom stereocenters. The molecule has 2 aromatic rings. The standard InChI is InChI=1S/C18H18ClFN2O2S/c1-24-16-11-12(10-15(19)17(16)23)18(25)22-8-6-21(7-9-22)14-4-2-13(20)3-5-14/h2-5,10-11,23H,6-9H2,1H3. The number of nitrogens with zero attached hydrogens (tertiary/aromatic N) is 2. The maximum atomic E-state index is 13.0. The molecule has 1 saturated heterocycles. The van der Waals surface area contributed by atoms with Gasteiger partial charge in [-0.2, -0.15) is 0 Å². The zero-order valence-corrected chi connectivity index (χ0v) is 15.3. The summed E-state index contributed by atoms with van der Waals surface area (Å²) < 4.78 is 18.2. The fraction of sp³-hybridized carbons (Fsp3) is 0.278. The number of ether oxygens (including phenoxy) is 1. The summed E-state index contributed by atoms with van der Waals surface area (Å²) in [4.78, 5) is 4.96. The summed E-state index contributed by atoms with van der Waals surface area (Å²) in [6.07, 6.45) is 0. The van der Waals surface area contributed by atoms with Gasteiger partial charge in [0.05, 0.1) is 12.1 Å². The molecular formula is C18H18ClFN2O2S. The molecule has 1 fully saturated rings. The second-order valence-corrected chi connectivity index (χ2v) is 6.56. The molecule has 4 nitrogen and oxygen atoms in total. The monoisotopic (exact) mass is 380 g/mol. The molecule has 2 aromatic carbocycles. The van der Waals surface area contributed by atoms with Gasteiger partial charge in [0, 0.05) is 37.4 Å². The van der Waals surface area contributed by atoms with Crippen LogP contribution in [0.2, 0.25) is 5.02 Å². The minimum atomic E-state index is -0.235. The number of anilines is 1. The van der Waals surface area contributed by atoms with E-state index in [2.05, 4.69) is 9.80 Å².